The normalized spacial score (nSPS) is 17.6. The highest BCUT2D eigenvalue weighted by Gasteiger charge is 2.29. The molecule has 0 spiro atoms. The van der Waals surface area contributed by atoms with Crippen LogP contribution in [-0.4, -0.2) is 49.0 Å². The Bertz CT molecular complexity index is 942. The van der Waals surface area contributed by atoms with Gasteiger partial charge in [-0.1, -0.05) is 11.3 Å². The van der Waals surface area contributed by atoms with Gasteiger partial charge < -0.3 is 15.0 Å². The summed E-state index contributed by atoms with van der Waals surface area (Å²) in [5, 5.41) is 18.2. The number of aliphatic hydroxyl groups is 1. The number of hydrogen-bond acceptors (Lipinski definition) is 4. The number of H-pyrrole nitrogens is 1. The summed E-state index contributed by atoms with van der Waals surface area (Å²) in [6.45, 7) is 5.32. The van der Waals surface area contributed by atoms with Crippen LogP contribution >= 0.6 is 0 Å². The van der Waals surface area contributed by atoms with Gasteiger partial charge in [0.2, 0.25) is 0 Å². The number of carbonyl (C=O) groups excluding carboxylic acids is 1. The summed E-state index contributed by atoms with van der Waals surface area (Å²) in [5.74, 6) is 0.0123. The van der Waals surface area contributed by atoms with E-state index < -0.39 is 0 Å². The van der Waals surface area contributed by atoms with Gasteiger partial charge in [0.25, 0.3) is 5.91 Å². The third kappa shape index (κ3) is 2.70. The lowest BCUT2D eigenvalue weighted by molar-refractivity contribution is 0.0782. The van der Waals surface area contributed by atoms with Crippen LogP contribution in [-0.2, 0) is 6.61 Å². The van der Waals surface area contributed by atoms with Crippen molar-refractivity contribution in [2.24, 2.45) is 0 Å². The summed E-state index contributed by atoms with van der Waals surface area (Å²) >= 11 is 0. The smallest absolute Gasteiger partial charge is 0.270 e. The molecule has 2 aromatic heterocycles. The lowest BCUT2D eigenvalue weighted by atomic mass is 10.1. The molecule has 0 radical (unpaired) electrons. The molecule has 1 amide bonds. The topological polar surface area (TPSA) is 87.0 Å². The molecule has 1 atom stereocenters. The predicted octanol–water partition coefficient (Wildman–Crippen LogP) is 1.96. The second-order valence-corrected chi connectivity index (χ2v) is 6.69. The van der Waals surface area contributed by atoms with Gasteiger partial charge in [-0.2, -0.15) is 0 Å². The zero-order chi connectivity index (χ0) is 17.6. The standard InChI is InChI=1S/C18H21N5O2/c1-11-3-4-16-15(12(11)2)7-17(19-16)18(25)22-6-5-14(9-22)23-8-13(10-24)20-21-23/h3-4,7-8,14,19,24H,5-6,9-10H2,1-2H3. The van der Waals surface area contributed by atoms with Gasteiger partial charge in [0, 0.05) is 24.0 Å². The first-order chi connectivity index (χ1) is 12.1. The fraction of sp³-hybridized carbons (Fsp3) is 0.389. The van der Waals surface area contributed by atoms with E-state index >= 15 is 0 Å². The molecule has 1 aliphatic heterocycles. The van der Waals surface area contributed by atoms with Crippen molar-refractivity contribution in [2.75, 3.05) is 13.1 Å². The summed E-state index contributed by atoms with van der Waals surface area (Å²) < 4.78 is 1.75. The van der Waals surface area contributed by atoms with Crippen LogP contribution in [0.1, 0.15) is 39.8 Å². The Morgan fingerprint density at radius 3 is 3.00 bits per heavy atom. The maximum absolute atomic E-state index is 12.9. The number of rotatable bonds is 3. The van der Waals surface area contributed by atoms with Crippen molar-refractivity contribution < 1.29 is 9.90 Å². The molecule has 4 rings (SSSR count). The van der Waals surface area contributed by atoms with Crippen LogP contribution in [0.3, 0.4) is 0 Å². The van der Waals surface area contributed by atoms with Crippen LogP contribution in [0.2, 0.25) is 0 Å². The molecule has 3 heterocycles. The summed E-state index contributed by atoms with van der Waals surface area (Å²) in [7, 11) is 0. The first kappa shape index (κ1) is 15.8. The highest BCUT2D eigenvalue weighted by Crippen LogP contribution is 2.26. The molecule has 2 N–H and O–H groups in total. The van der Waals surface area contributed by atoms with Crippen molar-refractivity contribution in [1.82, 2.24) is 24.9 Å². The SMILES string of the molecule is Cc1ccc2[nH]c(C(=O)N3CCC(n4cc(CO)nn4)C3)cc2c1C. The van der Waals surface area contributed by atoms with Crippen LogP contribution in [0.4, 0.5) is 0 Å². The number of aromatic amines is 1. The van der Waals surface area contributed by atoms with Crippen LogP contribution in [0, 0.1) is 13.8 Å². The van der Waals surface area contributed by atoms with Gasteiger partial charge in [0.05, 0.1) is 18.8 Å². The quantitative estimate of drug-likeness (QED) is 0.763. The van der Waals surface area contributed by atoms with Gasteiger partial charge in [-0.15, -0.1) is 5.10 Å². The highest BCUT2D eigenvalue weighted by molar-refractivity contribution is 5.99. The van der Waals surface area contributed by atoms with Crippen molar-refractivity contribution in [3.8, 4) is 0 Å². The summed E-state index contributed by atoms with van der Waals surface area (Å²) in [4.78, 5) is 18.0. The number of nitrogens with one attached hydrogen (secondary N) is 1. The highest BCUT2D eigenvalue weighted by atomic mass is 16.3. The number of amides is 1. The minimum absolute atomic E-state index is 0.0123. The fourth-order valence-corrected chi connectivity index (χ4v) is 3.45. The molecule has 7 heteroatoms. The zero-order valence-electron chi connectivity index (χ0n) is 14.4. The third-order valence-electron chi connectivity index (χ3n) is 5.12. The molecular weight excluding hydrogens is 318 g/mol. The largest absolute Gasteiger partial charge is 0.390 e. The van der Waals surface area contributed by atoms with E-state index in [-0.39, 0.29) is 18.6 Å². The van der Waals surface area contributed by atoms with E-state index in [1.807, 2.05) is 17.0 Å². The maximum atomic E-state index is 12.9. The molecule has 0 saturated carbocycles. The van der Waals surface area contributed by atoms with Gasteiger partial charge in [0.15, 0.2) is 0 Å². The number of likely N-dealkylation sites (tertiary alicyclic amines) is 1. The van der Waals surface area contributed by atoms with Gasteiger partial charge in [-0.25, -0.2) is 4.68 Å². The Kier molecular flexibility index (Phi) is 3.80. The molecule has 0 aliphatic carbocycles. The molecular formula is C18H21N5O2. The Balaban J connectivity index is 1.54. The number of nitrogens with zero attached hydrogens (tertiary/aromatic N) is 4. The Morgan fingerprint density at radius 2 is 2.24 bits per heavy atom. The van der Waals surface area contributed by atoms with Crippen molar-refractivity contribution in [2.45, 2.75) is 32.9 Å². The molecule has 1 fully saturated rings. The van der Waals surface area contributed by atoms with Crippen LogP contribution in [0.15, 0.2) is 24.4 Å². The zero-order valence-corrected chi connectivity index (χ0v) is 14.4. The van der Waals surface area contributed by atoms with Crippen molar-refractivity contribution in [1.29, 1.82) is 0 Å². The van der Waals surface area contributed by atoms with Gasteiger partial charge >= 0.3 is 0 Å². The van der Waals surface area contributed by atoms with E-state index in [0.717, 1.165) is 17.3 Å². The number of fused-ring (bicyclic) bond motifs is 1. The van der Waals surface area contributed by atoms with E-state index in [2.05, 4.69) is 35.2 Å². The monoisotopic (exact) mass is 339 g/mol. The molecule has 25 heavy (non-hydrogen) atoms. The summed E-state index contributed by atoms with van der Waals surface area (Å²) in [6, 6.07) is 6.14. The van der Waals surface area contributed by atoms with E-state index in [0.29, 0.717) is 24.5 Å². The first-order valence-electron chi connectivity index (χ1n) is 8.46. The van der Waals surface area contributed by atoms with Crippen molar-refractivity contribution >= 4 is 16.8 Å². The fourth-order valence-electron chi connectivity index (χ4n) is 3.45. The van der Waals surface area contributed by atoms with E-state index in [9.17, 15) is 4.79 Å². The van der Waals surface area contributed by atoms with Crippen LogP contribution in [0.25, 0.3) is 10.9 Å². The maximum Gasteiger partial charge on any atom is 0.270 e. The number of hydrogen-bond donors (Lipinski definition) is 2. The third-order valence-corrected chi connectivity index (χ3v) is 5.12. The molecule has 3 aromatic rings. The Labute approximate surface area is 145 Å². The number of aromatic nitrogens is 4. The predicted molar refractivity (Wildman–Crippen MR) is 93.3 cm³/mol. The van der Waals surface area contributed by atoms with Gasteiger partial charge in [-0.05, 0) is 43.5 Å². The number of aliphatic hydroxyl groups excluding tert-OH is 1. The summed E-state index contributed by atoms with van der Waals surface area (Å²) in [5.41, 5.74) is 4.58. The second kappa shape index (κ2) is 6.00. The molecule has 0 bridgehead atoms. The van der Waals surface area contributed by atoms with Crippen molar-refractivity contribution in [3.63, 3.8) is 0 Å². The minimum atomic E-state index is -0.122. The second-order valence-electron chi connectivity index (χ2n) is 6.69. The Morgan fingerprint density at radius 1 is 1.40 bits per heavy atom. The molecule has 1 saturated heterocycles. The number of aryl methyl sites for hydroxylation is 2. The van der Waals surface area contributed by atoms with E-state index in [1.54, 1.807) is 10.9 Å². The van der Waals surface area contributed by atoms with E-state index in [4.69, 9.17) is 5.11 Å². The lowest BCUT2D eigenvalue weighted by Crippen LogP contribution is -2.29. The Hall–Kier alpha value is -2.67. The number of carbonyl (C=O) groups is 1. The molecule has 1 aromatic carbocycles. The molecule has 130 valence electrons. The average molecular weight is 339 g/mol. The number of benzene rings is 1. The first-order valence-corrected chi connectivity index (χ1v) is 8.46. The lowest BCUT2D eigenvalue weighted by Gasteiger charge is -2.15. The van der Waals surface area contributed by atoms with Crippen LogP contribution < -0.4 is 0 Å². The van der Waals surface area contributed by atoms with Gasteiger partial charge in [-0.3, -0.25) is 4.79 Å². The van der Waals surface area contributed by atoms with Crippen LogP contribution in [0.5, 0.6) is 0 Å². The summed E-state index contributed by atoms with van der Waals surface area (Å²) in [6.07, 6.45) is 2.58. The molecule has 1 unspecified atom stereocenters. The van der Waals surface area contributed by atoms with Crippen molar-refractivity contribution in [3.05, 3.63) is 46.9 Å². The minimum Gasteiger partial charge on any atom is -0.390 e. The molecule has 7 nitrogen and oxygen atoms in total. The van der Waals surface area contributed by atoms with E-state index in [1.165, 1.54) is 11.1 Å². The van der Waals surface area contributed by atoms with Gasteiger partial charge in [0.1, 0.15) is 11.4 Å². The molecule has 1 aliphatic rings. The average Bonchev–Trinajstić information content (AvgIpc) is 3.35.